The molecule has 18 heavy (non-hydrogen) atoms. The van der Waals surface area contributed by atoms with Gasteiger partial charge < -0.3 is 4.74 Å². The molecule has 0 bridgehead atoms. The van der Waals surface area contributed by atoms with E-state index >= 15 is 0 Å². The Kier molecular flexibility index (Phi) is 2.94. The van der Waals surface area contributed by atoms with E-state index in [2.05, 4.69) is 9.73 Å². The molecule has 1 aromatic carbocycles. The van der Waals surface area contributed by atoms with Crippen molar-refractivity contribution >= 4 is 17.9 Å². The Hall–Kier alpha value is -2.11. The Morgan fingerprint density at radius 1 is 1.33 bits per heavy atom. The van der Waals surface area contributed by atoms with E-state index in [0.717, 1.165) is 12.1 Å². The molecule has 1 aliphatic rings. The van der Waals surface area contributed by atoms with Crippen molar-refractivity contribution in [3.63, 3.8) is 0 Å². The molecule has 0 atom stereocenters. The van der Waals surface area contributed by atoms with Crippen molar-refractivity contribution in [3.8, 4) is 0 Å². The van der Waals surface area contributed by atoms with Crippen LogP contribution in [0.1, 0.15) is 18.1 Å². The largest absolute Gasteiger partial charge is 0.416 e. The smallest absolute Gasteiger partial charge is 0.407 e. The van der Waals surface area contributed by atoms with Crippen molar-refractivity contribution in [1.29, 1.82) is 0 Å². The van der Waals surface area contributed by atoms with E-state index in [9.17, 15) is 18.0 Å². The fraction of sp³-hybridized carbons (Fsp3) is 0.167. The highest BCUT2D eigenvalue weighted by Crippen LogP contribution is 2.30. The van der Waals surface area contributed by atoms with Gasteiger partial charge in [0.15, 0.2) is 11.6 Å². The molecule has 0 saturated carbocycles. The minimum Gasteiger partial charge on any atom is -0.407 e. The third kappa shape index (κ3) is 2.58. The molecular weight excluding hydrogens is 247 g/mol. The van der Waals surface area contributed by atoms with Crippen LogP contribution in [-0.2, 0) is 15.7 Å². The van der Waals surface area contributed by atoms with Gasteiger partial charge in [0.25, 0.3) is 0 Å². The number of ether oxygens (including phenoxy) is 1. The summed E-state index contributed by atoms with van der Waals surface area (Å²) in [4.78, 5) is 15.0. The summed E-state index contributed by atoms with van der Waals surface area (Å²) >= 11 is 0. The summed E-state index contributed by atoms with van der Waals surface area (Å²) in [6.45, 7) is 1.49. The lowest BCUT2D eigenvalue weighted by atomic mass is 10.1. The molecule has 3 nitrogen and oxygen atoms in total. The molecule has 0 aromatic heterocycles. The molecule has 0 spiro atoms. The number of halogens is 3. The lowest BCUT2D eigenvalue weighted by Crippen LogP contribution is -2.04. The number of hydrogen-bond donors (Lipinski definition) is 0. The predicted octanol–water partition coefficient (Wildman–Crippen LogP) is 3.02. The quantitative estimate of drug-likeness (QED) is 0.571. The topological polar surface area (TPSA) is 38.7 Å². The summed E-state index contributed by atoms with van der Waals surface area (Å²) in [5.74, 6) is -0.483. The van der Waals surface area contributed by atoms with Gasteiger partial charge in [0.2, 0.25) is 0 Å². The van der Waals surface area contributed by atoms with Crippen LogP contribution in [0.3, 0.4) is 0 Å². The number of alkyl halides is 3. The summed E-state index contributed by atoms with van der Waals surface area (Å²) in [6, 6.07) is 4.64. The van der Waals surface area contributed by atoms with Gasteiger partial charge in [-0.25, -0.2) is 9.79 Å². The zero-order valence-corrected chi connectivity index (χ0v) is 9.28. The molecule has 1 heterocycles. The third-order valence-corrected chi connectivity index (χ3v) is 2.24. The van der Waals surface area contributed by atoms with E-state index in [4.69, 9.17) is 0 Å². The number of esters is 1. The lowest BCUT2D eigenvalue weighted by Gasteiger charge is -2.06. The number of benzene rings is 1. The molecule has 1 aliphatic heterocycles. The number of carbonyl (C=O) groups is 1. The van der Waals surface area contributed by atoms with Crippen molar-refractivity contribution in [2.24, 2.45) is 4.99 Å². The van der Waals surface area contributed by atoms with Crippen LogP contribution in [0.5, 0.6) is 0 Å². The number of rotatable bonds is 1. The first-order valence-corrected chi connectivity index (χ1v) is 5.03. The Labute approximate surface area is 101 Å². The van der Waals surface area contributed by atoms with E-state index < -0.39 is 17.7 Å². The molecule has 0 saturated heterocycles. The predicted molar refractivity (Wildman–Crippen MR) is 58.6 cm³/mol. The number of aliphatic imine (C=N–C) groups is 1. The maximum Gasteiger partial charge on any atom is 0.416 e. The lowest BCUT2D eigenvalue weighted by molar-refractivity contribution is -0.137. The molecule has 0 fully saturated rings. The molecule has 94 valence electrons. The number of carbonyl (C=O) groups excluding carboxylic acids is 1. The maximum atomic E-state index is 12.5. The second-order valence-corrected chi connectivity index (χ2v) is 3.67. The van der Waals surface area contributed by atoms with E-state index in [-0.39, 0.29) is 17.2 Å². The van der Waals surface area contributed by atoms with Gasteiger partial charge in [-0.1, -0.05) is 12.1 Å². The van der Waals surface area contributed by atoms with Crippen LogP contribution < -0.4 is 0 Å². The first-order valence-electron chi connectivity index (χ1n) is 5.03. The van der Waals surface area contributed by atoms with Crippen LogP contribution >= 0.6 is 0 Å². The molecule has 0 radical (unpaired) electrons. The normalized spacial score (nSPS) is 17.9. The SMILES string of the molecule is CC1=N/C(=C/c2cccc(C(F)(F)F)c2)C(=O)O1. The van der Waals surface area contributed by atoms with Crippen molar-refractivity contribution in [2.75, 3.05) is 0 Å². The van der Waals surface area contributed by atoms with Gasteiger partial charge >= 0.3 is 12.1 Å². The Morgan fingerprint density at radius 2 is 2.06 bits per heavy atom. The zero-order valence-electron chi connectivity index (χ0n) is 9.28. The second-order valence-electron chi connectivity index (χ2n) is 3.67. The van der Waals surface area contributed by atoms with Crippen molar-refractivity contribution < 1.29 is 22.7 Å². The van der Waals surface area contributed by atoms with Crippen LogP contribution in [0, 0.1) is 0 Å². The van der Waals surface area contributed by atoms with Crippen molar-refractivity contribution in [3.05, 3.63) is 41.1 Å². The number of cyclic esters (lactones) is 1. The number of nitrogens with zero attached hydrogens (tertiary/aromatic N) is 1. The van der Waals surface area contributed by atoms with Crippen LogP contribution in [0.15, 0.2) is 35.0 Å². The average Bonchev–Trinajstić information content (AvgIpc) is 2.56. The Morgan fingerprint density at radius 3 is 2.61 bits per heavy atom. The fourth-order valence-electron chi connectivity index (χ4n) is 1.48. The van der Waals surface area contributed by atoms with Gasteiger partial charge in [-0.2, -0.15) is 13.2 Å². The van der Waals surface area contributed by atoms with Crippen LogP contribution in [0.2, 0.25) is 0 Å². The van der Waals surface area contributed by atoms with Crippen LogP contribution in [0.25, 0.3) is 6.08 Å². The minimum atomic E-state index is -4.41. The third-order valence-electron chi connectivity index (χ3n) is 2.24. The van der Waals surface area contributed by atoms with Gasteiger partial charge in [-0.15, -0.1) is 0 Å². The van der Waals surface area contributed by atoms with E-state index in [1.807, 2.05) is 0 Å². The van der Waals surface area contributed by atoms with E-state index in [1.54, 1.807) is 0 Å². The summed E-state index contributed by atoms with van der Waals surface area (Å²) in [6.07, 6.45) is -3.15. The minimum absolute atomic E-state index is 0.00757. The highest BCUT2D eigenvalue weighted by Gasteiger charge is 2.30. The van der Waals surface area contributed by atoms with Crippen molar-refractivity contribution in [2.45, 2.75) is 13.1 Å². The fourth-order valence-corrected chi connectivity index (χ4v) is 1.48. The summed E-state index contributed by atoms with van der Waals surface area (Å²) in [5.41, 5.74) is -0.536. The van der Waals surface area contributed by atoms with E-state index in [1.165, 1.54) is 25.1 Å². The highest BCUT2D eigenvalue weighted by atomic mass is 19.4. The molecule has 0 amide bonds. The van der Waals surface area contributed by atoms with Crippen molar-refractivity contribution in [1.82, 2.24) is 0 Å². The molecule has 0 aliphatic carbocycles. The monoisotopic (exact) mass is 255 g/mol. The Balaban J connectivity index is 2.36. The standard InChI is InChI=1S/C12H8F3NO2/c1-7-16-10(11(17)18-7)6-8-3-2-4-9(5-8)12(13,14)15/h2-6H,1H3/b10-6+. The second kappa shape index (κ2) is 4.29. The number of hydrogen-bond acceptors (Lipinski definition) is 3. The molecule has 0 unspecified atom stereocenters. The Bertz CT molecular complexity index is 559. The molecule has 1 aromatic rings. The first kappa shape index (κ1) is 12.3. The highest BCUT2D eigenvalue weighted by molar-refractivity contribution is 6.06. The van der Waals surface area contributed by atoms with Crippen LogP contribution in [0.4, 0.5) is 13.2 Å². The zero-order chi connectivity index (χ0) is 13.3. The molecule has 2 rings (SSSR count). The van der Waals surface area contributed by atoms with Crippen LogP contribution in [-0.4, -0.2) is 11.9 Å². The summed E-state index contributed by atoms with van der Waals surface area (Å²) < 4.78 is 42.1. The summed E-state index contributed by atoms with van der Waals surface area (Å²) in [5, 5.41) is 0. The van der Waals surface area contributed by atoms with Gasteiger partial charge in [0.1, 0.15) is 0 Å². The van der Waals surface area contributed by atoms with Gasteiger partial charge in [0.05, 0.1) is 5.56 Å². The molecular formula is C12H8F3NO2. The molecule has 6 heteroatoms. The molecule has 0 N–H and O–H groups in total. The average molecular weight is 255 g/mol. The van der Waals surface area contributed by atoms with Gasteiger partial charge in [-0.3, -0.25) is 0 Å². The maximum absolute atomic E-state index is 12.5. The summed E-state index contributed by atoms with van der Waals surface area (Å²) in [7, 11) is 0. The van der Waals surface area contributed by atoms with Gasteiger partial charge in [-0.05, 0) is 23.8 Å². The first-order chi connectivity index (χ1) is 8.36. The van der Waals surface area contributed by atoms with Gasteiger partial charge in [0, 0.05) is 6.92 Å². The van der Waals surface area contributed by atoms with E-state index in [0.29, 0.717) is 0 Å².